The van der Waals surface area contributed by atoms with Crippen molar-refractivity contribution in [3.8, 4) is 0 Å². The maximum atomic E-state index is 11.2. The van der Waals surface area contributed by atoms with Gasteiger partial charge in [0.1, 0.15) is 6.04 Å². The lowest BCUT2D eigenvalue weighted by Gasteiger charge is -2.34. The van der Waals surface area contributed by atoms with Crippen LogP contribution in [0.1, 0.15) is 75.9 Å². The van der Waals surface area contributed by atoms with E-state index in [9.17, 15) is 9.90 Å². The van der Waals surface area contributed by atoms with Crippen molar-refractivity contribution in [2.24, 2.45) is 5.92 Å². The van der Waals surface area contributed by atoms with E-state index in [0.29, 0.717) is 11.8 Å². The minimum atomic E-state index is -0.746. The monoisotopic (exact) mass is 335 g/mol. The average Bonchev–Trinajstić information content (AvgIpc) is 2.87. The van der Waals surface area contributed by atoms with Gasteiger partial charge in [-0.2, -0.15) is 4.98 Å². The fourth-order valence-corrected chi connectivity index (χ4v) is 4.07. The fourth-order valence-electron chi connectivity index (χ4n) is 4.07. The Morgan fingerprint density at radius 1 is 1.25 bits per heavy atom. The summed E-state index contributed by atoms with van der Waals surface area (Å²) in [5.74, 6) is 1.73. The molecule has 0 bridgehead atoms. The molecule has 0 radical (unpaired) electrons. The average molecular weight is 335 g/mol. The van der Waals surface area contributed by atoms with Gasteiger partial charge in [-0.25, -0.2) is 0 Å². The lowest BCUT2D eigenvalue weighted by atomic mass is 9.93. The number of aliphatic carboxylic acids is 1. The van der Waals surface area contributed by atoms with Crippen LogP contribution in [0.5, 0.6) is 0 Å². The molecule has 1 saturated carbocycles. The van der Waals surface area contributed by atoms with E-state index < -0.39 is 12.0 Å². The molecule has 2 heterocycles. The molecule has 1 N–H and O–H groups in total. The molecule has 2 unspecified atom stereocenters. The Hall–Kier alpha value is -1.43. The summed E-state index contributed by atoms with van der Waals surface area (Å²) in [5.41, 5.74) is 0. The number of hydrogen-bond donors (Lipinski definition) is 1. The lowest BCUT2D eigenvalue weighted by Crippen LogP contribution is -2.45. The molecule has 6 nitrogen and oxygen atoms in total. The first-order valence-corrected chi connectivity index (χ1v) is 9.43. The largest absolute Gasteiger partial charge is 0.480 e. The molecular weight excluding hydrogens is 306 g/mol. The summed E-state index contributed by atoms with van der Waals surface area (Å²) in [5, 5.41) is 13.4. The minimum Gasteiger partial charge on any atom is -0.480 e. The third-order valence-electron chi connectivity index (χ3n) is 5.62. The molecule has 0 aromatic carbocycles. The second-order valence-corrected chi connectivity index (χ2v) is 7.46. The zero-order chi connectivity index (χ0) is 16.9. The topological polar surface area (TPSA) is 79.5 Å². The summed E-state index contributed by atoms with van der Waals surface area (Å²) in [7, 11) is 0. The van der Waals surface area contributed by atoms with Gasteiger partial charge in [0.15, 0.2) is 5.82 Å². The van der Waals surface area contributed by atoms with Crippen molar-refractivity contribution in [1.82, 2.24) is 15.0 Å². The molecule has 6 heteroatoms. The summed E-state index contributed by atoms with van der Waals surface area (Å²) < 4.78 is 5.51. The first-order chi connectivity index (χ1) is 11.6. The quantitative estimate of drug-likeness (QED) is 0.832. The van der Waals surface area contributed by atoms with E-state index in [1.165, 1.54) is 38.5 Å². The van der Waals surface area contributed by atoms with Crippen LogP contribution in [0, 0.1) is 5.92 Å². The highest BCUT2D eigenvalue weighted by molar-refractivity contribution is 5.72. The maximum absolute atomic E-state index is 11.2. The predicted octanol–water partition coefficient (Wildman–Crippen LogP) is 3.24. The number of piperidine rings is 1. The van der Waals surface area contributed by atoms with Gasteiger partial charge in [0, 0.05) is 18.9 Å². The minimum absolute atomic E-state index is 0.406. The Morgan fingerprint density at radius 2 is 2.00 bits per heavy atom. The third-order valence-corrected chi connectivity index (χ3v) is 5.62. The van der Waals surface area contributed by atoms with Gasteiger partial charge in [-0.1, -0.05) is 30.8 Å². The van der Waals surface area contributed by atoms with E-state index in [2.05, 4.69) is 15.0 Å². The van der Waals surface area contributed by atoms with Crippen molar-refractivity contribution in [3.05, 3.63) is 11.7 Å². The number of likely N-dealkylation sites (tertiary alicyclic amines) is 1. The number of hydrogen-bond acceptors (Lipinski definition) is 5. The molecule has 0 spiro atoms. The zero-order valence-electron chi connectivity index (χ0n) is 14.6. The van der Waals surface area contributed by atoms with Crippen LogP contribution in [0.15, 0.2) is 4.52 Å². The summed E-state index contributed by atoms with van der Waals surface area (Å²) in [4.78, 5) is 17.9. The number of nitrogens with zero attached hydrogens (tertiary/aromatic N) is 3. The number of rotatable bonds is 5. The van der Waals surface area contributed by atoms with Crippen LogP contribution in [0.4, 0.5) is 0 Å². The van der Waals surface area contributed by atoms with Gasteiger partial charge < -0.3 is 9.63 Å². The van der Waals surface area contributed by atoms with Gasteiger partial charge in [-0.05, 0) is 45.1 Å². The van der Waals surface area contributed by atoms with E-state index in [0.717, 1.165) is 44.1 Å². The Balaban J connectivity index is 1.57. The molecule has 134 valence electrons. The molecule has 3 rings (SSSR count). The molecule has 24 heavy (non-hydrogen) atoms. The number of carboxylic acids is 1. The predicted molar refractivity (Wildman–Crippen MR) is 89.8 cm³/mol. The Bertz CT molecular complexity index is 537. The molecule has 1 aliphatic carbocycles. The van der Waals surface area contributed by atoms with E-state index in [1.54, 1.807) is 6.92 Å². The van der Waals surface area contributed by atoms with Gasteiger partial charge in [-0.15, -0.1) is 0 Å². The standard InChI is InChI=1S/C18H29N3O3/c1-13(18(22)23)21-10-6-7-14(12-21)11-16-19-17(20-24-16)15-8-4-2-3-5-9-15/h13-15H,2-12H2,1H3,(H,22,23). The highest BCUT2D eigenvalue weighted by atomic mass is 16.5. The SMILES string of the molecule is CC(C(=O)O)N1CCCC(Cc2nc(C3CCCCCC3)no2)C1. The van der Waals surface area contributed by atoms with Crippen LogP contribution in [0.2, 0.25) is 0 Å². The van der Waals surface area contributed by atoms with Crippen molar-refractivity contribution in [2.45, 2.75) is 76.7 Å². The normalized spacial score (nSPS) is 25.3. The molecule has 1 aliphatic heterocycles. The highest BCUT2D eigenvalue weighted by Gasteiger charge is 2.28. The first-order valence-electron chi connectivity index (χ1n) is 9.43. The zero-order valence-corrected chi connectivity index (χ0v) is 14.6. The van der Waals surface area contributed by atoms with Gasteiger partial charge in [0.2, 0.25) is 5.89 Å². The Kier molecular flexibility index (Phi) is 5.87. The molecule has 1 aromatic rings. The number of carbonyl (C=O) groups is 1. The van der Waals surface area contributed by atoms with Crippen LogP contribution in [-0.2, 0) is 11.2 Å². The van der Waals surface area contributed by atoms with Crippen molar-refractivity contribution in [2.75, 3.05) is 13.1 Å². The second kappa shape index (κ2) is 8.10. The third kappa shape index (κ3) is 4.35. The fraction of sp³-hybridized carbons (Fsp3) is 0.833. The molecule has 1 saturated heterocycles. The molecule has 2 fully saturated rings. The van der Waals surface area contributed by atoms with Crippen LogP contribution in [0.3, 0.4) is 0 Å². The highest BCUT2D eigenvalue weighted by Crippen LogP contribution is 2.30. The summed E-state index contributed by atoms with van der Waals surface area (Å²) >= 11 is 0. The van der Waals surface area contributed by atoms with Crippen LogP contribution >= 0.6 is 0 Å². The molecule has 0 amide bonds. The Labute approximate surface area is 143 Å². The van der Waals surface area contributed by atoms with E-state index in [1.807, 2.05) is 0 Å². The second-order valence-electron chi connectivity index (χ2n) is 7.46. The van der Waals surface area contributed by atoms with Crippen LogP contribution < -0.4 is 0 Å². The van der Waals surface area contributed by atoms with Crippen molar-refractivity contribution < 1.29 is 14.4 Å². The van der Waals surface area contributed by atoms with E-state index >= 15 is 0 Å². The van der Waals surface area contributed by atoms with Crippen molar-refractivity contribution >= 4 is 5.97 Å². The van der Waals surface area contributed by atoms with Gasteiger partial charge in [-0.3, -0.25) is 9.69 Å². The number of carboxylic acid groups (broad SMARTS) is 1. The molecule has 2 aliphatic rings. The molecule has 1 aromatic heterocycles. The smallest absolute Gasteiger partial charge is 0.320 e. The molecule has 2 atom stereocenters. The number of aromatic nitrogens is 2. The van der Waals surface area contributed by atoms with Crippen LogP contribution in [0.25, 0.3) is 0 Å². The summed E-state index contributed by atoms with van der Waals surface area (Å²) in [6.45, 7) is 3.43. The lowest BCUT2D eigenvalue weighted by molar-refractivity contribution is -0.143. The maximum Gasteiger partial charge on any atom is 0.320 e. The van der Waals surface area contributed by atoms with Crippen molar-refractivity contribution in [1.29, 1.82) is 0 Å². The van der Waals surface area contributed by atoms with Gasteiger partial charge >= 0.3 is 5.97 Å². The van der Waals surface area contributed by atoms with E-state index in [-0.39, 0.29) is 0 Å². The van der Waals surface area contributed by atoms with Crippen molar-refractivity contribution in [3.63, 3.8) is 0 Å². The summed E-state index contributed by atoms with van der Waals surface area (Å²) in [6, 6.07) is -0.419. The van der Waals surface area contributed by atoms with Gasteiger partial charge in [0.05, 0.1) is 0 Å². The van der Waals surface area contributed by atoms with Crippen LogP contribution in [-0.4, -0.2) is 45.2 Å². The van der Waals surface area contributed by atoms with E-state index in [4.69, 9.17) is 4.52 Å². The summed E-state index contributed by atoms with van der Waals surface area (Å²) in [6.07, 6.45) is 10.4. The Morgan fingerprint density at radius 3 is 2.71 bits per heavy atom. The van der Waals surface area contributed by atoms with Gasteiger partial charge in [0.25, 0.3) is 0 Å². The molecular formula is C18H29N3O3. The first kappa shape index (κ1) is 17.4.